The Balaban J connectivity index is 2.11. The Hall–Kier alpha value is -2.48. The highest BCUT2D eigenvalue weighted by Gasteiger charge is 2.41. The topological polar surface area (TPSA) is 77.4 Å². The van der Waals surface area contributed by atoms with Gasteiger partial charge in [-0.25, -0.2) is 9.79 Å². The van der Waals surface area contributed by atoms with Crippen molar-refractivity contribution in [2.75, 3.05) is 25.6 Å². The summed E-state index contributed by atoms with van der Waals surface area (Å²) in [7, 11) is 0. The number of fused-ring (bicyclic) bond motifs is 1. The van der Waals surface area contributed by atoms with Crippen LogP contribution in [-0.2, 0) is 14.3 Å². The van der Waals surface area contributed by atoms with Crippen LogP contribution in [0.3, 0.4) is 0 Å². The molecule has 1 atom stereocenters. The van der Waals surface area contributed by atoms with Crippen LogP contribution in [0.25, 0.3) is 0 Å². The molecule has 0 spiro atoms. The van der Waals surface area contributed by atoms with Gasteiger partial charge in [-0.1, -0.05) is 24.8 Å². The molecule has 1 aromatic carbocycles. The van der Waals surface area contributed by atoms with Crippen LogP contribution in [0.2, 0.25) is 0 Å². The van der Waals surface area contributed by atoms with E-state index >= 15 is 0 Å². The van der Waals surface area contributed by atoms with Gasteiger partial charge in [0.15, 0.2) is 16.7 Å². The summed E-state index contributed by atoms with van der Waals surface area (Å²) < 4.78 is 16.9. The van der Waals surface area contributed by atoms with Crippen molar-refractivity contribution >= 4 is 28.8 Å². The normalized spacial score (nSPS) is 18.7. The van der Waals surface area contributed by atoms with Crippen molar-refractivity contribution in [3.8, 4) is 11.5 Å². The molecule has 2 aliphatic heterocycles. The van der Waals surface area contributed by atoms with E-state index < -0.39 is 12.0 Å². The molecule has 0 radical (unpaired) electrons. The molecule has 2 aliphatic rings. The Bertz CT molecular complexity index is 880. The molecule has 1 amide bonds. The predicted molar refractivity (Wildman–Crippen MR) is 117 cm³/mol. The van der Waals surface area contributed by atoms with E-state index in [1.54, 1.807) is 18.7 Å². The van der Waals surface area contributed by atoms with Gasteiger partial charge >= 0.3 is 5.97 Å². The van der Waals surface area contributed by atoms with Gasteiger partial charge in [-0.15, -0.1) is 0 Å². The molecule has 8 heteroatoms. The van der Waals surface area contributed by atoms with E-state index in [9.17, 15) is 9.59 Å². The quantitative estimate of drug-likeness (QED) is 0.576. The van der Waals surface area contributed by atoms with Crippen LogP contribution in [0.5, 0.6) is 11.5 Å². The van der Waals surface area contributed by atoms with Crippen molar-refractivity contribution in [3.05, 3.63) is 35.0 Å². The zero-order chi connectivity index (χ0) is 21.7. The lowest BCUT2D eigenvalue weighted by atomic mass is 9.94. The van der Waals surface area contributed by atoms with Gasteiger partial charge in [-0.05, 0) is 44.9 Å². The fraction of sp³-hybridized carbons (Fsp3) is 0.500. The highest BCUT2D eigenvalue weighted by atomic mass is 32.2. The Morgan fingerprint density at radius 1 is 1.20 bits per heavy atom. The smallest absolute Gasteiger partial charge is 0.338 e. The number of nitrogens with zero attached hydrogens (tertiary/aromatic N) is 2. The second-order valence-electron chi connectivity index (χ2n) is 6.87. The second kappa shape index (κ2) is 10.0. The zero-order valence-corrected chi connectivity index (χ0v) is 18.7. The standard InChI is InChI=1S/C22H28N2O5S/c1-5-11-29-16-9-8-15(13-17(16)27-6-2)20-19(21(26)28-7-3)14(4)23-22-24(20)18(25)10-12-30-22/h8-9,13,20H,5-7,10-12H2,1-4H3/t20-/m0/s1. The molecule has 0 N–H and O–H groups in total. The average Bonchev–Trinajstić information content (AvgIpc) is 2.72. The molecule has 1 fully saturated rings. The molecule has 7 nitrogen and oxygen atoms in total. The van der Waals surface area contributed by atoms with Crippen molar-refractivity contribution in [2.24, 2.45) is 4.99 Å². The number of hydrogen-bond donors (Lipinski definition) is 0. The number of esters is 1. The summed E-state index contributed by atoms with van der Waals surface area (Å²) in [5.41, 5.74) is 1.70. The summed E-state index contributed by atoms with van der Waals surface area (Å²) in [6, 6.07) is 4.94. The van der Waals surface area contributed by atoms with Crippen molar-refractivity contribution < 1.29 is 23.8 Å². The number of thioether (sulfide) groups is 1. The van der Waals surface area contributed by atoms with Crippen molar-refractivity contribution in [2.45, 2.75) is 46.6 Å². The lowest BCUT2D eigenvalue weighted by Gasteiger charge is -2.39. The maximum atomic E-state index is 12.9. The van der Waals surface area contributed by atoms with E-state index in [1.165, 1.54) is 11.8 Å². The van der Waals surface area contributed by atoms with Gasteiger partial charge in [0.1, 0.15) is 0 Å². The van der Waals surface area contributed by atoms with Crippen LogP contribution in [0.1, 0.15) is 52.1 Å². The van der Waals surface area contributed by atoms with Gasteiger partial charge in [0.25, 0.3) is 0 Å². The van der Waals surface area contributed by atoms with Gasteiger partial charge in [0, 0.05) is 12.2 Å². The molecule has 3 rings (SSSR count). The fourth-order valence-electron chi connectivity index (χ4n) is 3.48. The van der Waals surface area contributed by atoms with Gasteiger partial charge < -0.3 is 14.2 Å². The first kappa shape index (κ1) is 22.2. The van der Waals surface area contributed by atoms with E-state index in [0.29, 0.717) is 53.3 Å². The third-order valence-electron chi connectivity index (χ3n) is 4.75. The Labute approximate surface area is 181 Å². The van der Waals surface area contributed by atoms with Crippen LogP contribution >= 0.6 is 11.8 Å². The average molecular weight is 433 g/mol. The molecule has 162 valence electrons. The first-order chi connectivity index (χ1) is 14.5. The van der Waals surface area contributed by atoms with E-state index in [4.69, 9.17) is 14.2 Å². The summed E-state index contributed by atoms with van der Waals surface area (Å²) >= 11 is 1.52. The van der Waals surface area contributed by atoms with Crippen molar-refractivity contribution in [1.82, 2.24) is 4.90 Å². The Morgan fingerprint density at radius 2 is 2.00 bits per heavy atom. The lowest BCUT2D eigenvalue weighted by Crippen LogP contribution is -2.45. The van der Waals surface area contributed by atoms with E-state index in [1.807, 2.05) is 32.0 Å². The third kappa shape index (κ3) is 4.48. The van der Waals surface area contributed by atoms with Crippen LogP contribution in [-0.4, -0.2) is 47.5 Å². The minimum Gasteiger partial charge on any atom is -0.490 e. The summed E-state index contributed by atoms with van der Waals surface area (Å²) in [6.45, 7) is 8.78. The first-order valence-corrected chi connectivity index (χ1v) is 11.3. The molecule has 1 aromatic rings. The lowest BCUT2D eigenvalue weighted by molar-refractivity contribution is -0.139. The number of carbonyl (C=O) groups is 2. The number of amidine groups is 1. The molecule has 0 bridgehead atoms. The fourth-order valence-corrected chi connectivity index (χ4v) is 4.48. The summed E-state index contributed by atoms with van der Waals surface area (Å²) in [6.07, 6.45) is 1.27. The largest absolute Gasteiger partial charge is 0.490 e. The number of carbonyl (C=O) groups excluding carboxylic acids is 2. The molecule has 0 saturated carbocycles. The molecule has 30 heavy (non-hydrogen) atoms. The Kier molecular flexibility index (Phi) is 7.42. The number of aliphatic imine (C=N–C) groups is 1. The highest BCUT2D eigenvalue weighted by molar-refractivity contribution is 8.14. The number of rotatable bonds is 8. The maximum Gasteiger partial charge on any atom is 0.338 e. The number of benzene rings is 1. The molecule has 0 unspecified atom stereocenters. The summed E-state index contributed by atoms with van der Waals surface area (Å²) in [4.78, 5) is 31.9. The highest BCUT2D eigenvalue weighted by Crippen LogP contribution is 2.42. The molecular formula is C22H28N2O5S. The van der Waals surface area contributed by atoms with Gasteiger partial charge in [0.2, 0.25) is 5.91 Å². The minimum atomic E-state index is -0.615. The summed E-state index contributed by atoms with van der Waals surface area (Å²) in [5.74, 6) is 1.39. The first-order valence-electron chi connectivity index (χ1n) is 10.3. The van der Waals surface area contributed by atoms with Gasteiger partial charge in [-0.2, -0.15) is 0 Å². The maximum absolute atomic E-state index is 12.9. The number of hydrogen-bond acceptors (Lipinski definition) is 7. The van der Waals surface area contributed by atoms with E-state index in [2.05, 4.69) is 4.99 Å². The van der Waals surface area contributed by atoms with E-state index in [-0.39, 0.29) is 12.5 Å². The minimum absolute atomic E-state index is 0.0592. The Morgan fingerprint density at radius 3 is 2.70 bits per heavy atom. The third-order valence-corrected chi connectivity index (χ3v) is 5.70. The molecule has 0 aromatic heterocycles. The van der Waals surface area contributed by atoms with Crippen LogP contribution in [0.15, 0.2) is 34.5 Å². The molecular weight excluding hydrogens is 404 g/mol. The number of amides is 1. The van der Waals surface area contributed by atoms with Crippen LogP contribution in [0, 0.1) is 0 Å². The molecule has 1 saturated heterocycles. The van der Waals surface area contributed by atoms with Gasteiger partial charge in [0.05, 0.1) is 37.1 Å². The molecule has 0 aliphatic carbocycles. The van der Waals surface area contributed by atoms with E-state index in [0.717, 1.165) is 12.0 Å². The van der Waals surface area contributed by atoms with Crippen molar-refractivity contribution in [1.29, 1.82) is 0 Å². The zero-order valence-electron chi connectivity index (χ0n) is 17.9. The monoisotopic (exact) mass is 432 g/mol. The van der Waals surface area contributed by atoms with Gasteiger partial charge in [-0.3, -0.25) is 9.69 Å². The number of allylic oxidation sites excluding steroid dienone is 1. The second-order valence-corrected chi connectivity index (χ2v) is 7.93. The SMILES string of the molecule is CCCOc1ccc([C@H]2C(C(=O)OCC)=C(C)N=C3SCCC(=O)N32)cc1OCC. The van der Waals surface area contributed by atoms with Crippen LogP contribution < -0.4 is 9.47 Å². The summed E-state index contributed by atoms with van der Waals surface area (Å²) in [5, 5.41) is 0.617. The molecule has 2 heterocycles. The van der Waals surface area contributed by atoms with Crippen LogP contribution in [0.4, 0.5) is 0 Å². The predicted octanol–water partition coefficient (Wildman–Crippen LogP) is 4.09. The number of ether oxygens (including phenoxy) is 3. The van der Waals surface area contributed by atoms with Crippen molar-refractivity contribution in [3.63, 3.8) is 0 Å².